The molecular formula is C13H20N2O3. The Hall–Kier alpha value is -1.59. The SMILES string of the molecule is COc1c(C)ccc(NC(=O)C(CN)OC)c1C. The summed E-state index contributed by atoms with van der Waals surface area (Å²) in [5.41, 5.74) is 8.06. The van der Waals surface area contributed by atoms with Crippen molar-refractivity contribution < 1.29 is 14.3 Å². The van der Waals surface area contributed by atoms with Gasteiger partial charge in [0.2, 0.25) is 0 Å². The number of ether oxygens (including phenoxy) is 2. The lowest BCUT2D eigenvalue weighted by atomic mass is 10.1. The van der Waals surface area contributed by atoms with Gasteiger partial charge < -0.3 is 20.5 Å². The highest BCUT2D eigenvalue weighted by molar-refractivity contribution is 5.95. The molecule has 0 aromatic heterocycles. The van der Waals surface area contributed by atoms with Gasteiger partial charge in [0, 0.05) is 24.9 Å². The van der Waals surface area contributed by atoms with Crippen LogP contribution in [0.25, 0.3) is 0 Å². The summed E-state index contributed by atoms with van der Waals surface area (Å²) in [5, 5.41) is 2.79. The van der Waals surface area contributed by atoms with Crippen molar-refractivity contribution in [1.82, 2.24) is 0 Å². The molecule has 1 unspecified atom stereocenters. The summed E-state index contributed by atoms with van der Waals surface area (Å²) in [7, 11) is 3.07. The van der Waals surface area contributed by atoms with Gasteiger partial charge in [-0.25, -0.2) is 0 Å². The molecule has 1 rings (SSSR count). The highest BCUT2D eigenvalue weighted by Gasteiger charge is 2.17. The molecule has 0 heterocycles. The second kappa shape index (κ2) is 6.37. The Morgan fingerprint density at radius 3 is 2.56 bits per heavy atom. The van der Waals surface area contributed by atoms with Crippen molar-refractivity contribution in [3.8, 4) is 5.75 Å². The van der Waals surface area contributed by atoms with Gasteiger partial charge in [0.1, 0.15) is 11.9 Å². The van der Waals surface area contributed by atoms with Crippen LogP contribution in [0.15, 0.2) is 12.1 Å². The Morgan fingerprint density at radius 1 is 1.39 bits per heavy atom. The first-order valence-corrected chi connectivity index (χ1v) is 5.73. The Kier molecular flexibility index (Phi) is 5.12. The molecule has 0 aliphatic carbocycles. The van der Waals surface area contributed by atoms with Crippen LogP contribution in [0.1, 0.15) is 11.1 Å². The predicted molar refractivity (Wildman–Crippen MR) is 70.9 cm³/mol. The standard InChI is InChI=1S/C13H20N2O3/c1-8-5-6-10(9(2)12(8)18-4)15-13(16)11(7-14)17-3/h5-6,11H,7,14H2,1-4H3,(H,15,16). The average molecular weight is 252 g/mol. The smallest absolute Gasteiger partial charge is 0.254 e. The Labute approximate surface area is 107 Å². The molecule has 1 amide bonds. The Morgan fingerprint density at radius 2 is 2.06 bits per heavy atom. The first-order chi connectivity index (χ1) is 8.54. The molecule has 1 aromatic carbocycles. The number of anilines is 1. The number of nitrogens with one attached hydrogen (secondary N) is 1. The number of aryl methyl sites for hydroxylation is 1. The molecular weight excluding hydrogens is 232 g/mol. The first-order valence-electron chi connectivity index (χ1n) is 5.73. The number of amides is 1. The van der Waals surface area contributed by atoms with E-state index in [1.54, 1.807) is 7.11 Å². The molecule has 5 nitrogen and oxygen atoms in total. The van der Waals surface area contributed by atoms with Crippen molar-refractivity contribution in [2.45, 2.75) is 20.0 Å². The van der Waals surface area contributed by atoms with Gasteiger partial charge >= 0.3 is 0 Å². The van der Waals surface area contributed by atoms with Crippen molar-refractivity contribution in [3.63, 3.8) is 0 Å². The zero-order valence-electron chi connectivity index (χ0n) is 11.2. The summed E-state index contributed by atoms with van der Waals surface area (Å²) in [6, 6.07) is 3.74. The van der Waals surface area contributed by atoms with E-state index in [1.807, 2.05) is 26.0 Å². The minimum absolute atomic E-state index is 0.143. The number of hydrogen-bond donors (Lipinski definition) is 2. The van der Waals surface area contributed by atoms with Crippen LogP contribution in [0, 0.1) is 13.8 Å². The van der Waals surface area contributed by atoms with E-state index in [0.717, 1.165) is 16.9 Å². The van der Waals surface area contributed by atoms with Crippen LogP contribution in [0.3, 0.4) is 0 Å². The molecule has 0 saturated carbocycles. The Balaban J connectivity index is 2.95. The molecule has 3 N–H and O–H groups in total. The van der Waals surface area contributed by atoms with Gasteiger partial charge in [-0.3, -0.25) is 4.79 Å². The maximum Gasteiger partial charge on any atom is 0.254 e. The van der Waals surface area contributed by atoms with Gasteiger partial charge in [-0.15, -0.1) is 0 Å². The summed E-state index contributed by atoms with van der Waals surface area (Å²) >= 11 is 0. The zero-order valence-corrected chi connectivity index (χ0v) is 11.2. The second-order valence-corrected chi connectivity index (χ2v) is 4.04. The number of benzene rings is 1. The summed E-state index contributed by atoms with van der Waals surface area (Å²) < 4.78 is 10.3. The van der Waals surface area contributed by atoms with Crippen molar-refractivity contribution in [3.05, 3.63) is 23.3 Å². The van der Waals surface area contributed by atoms with E-state index < -0.39 is 6.10 Å². The average Bonchev–Trinajstić information content (AvgIpc) is 2.35. The van der Waals surface area contributed by atoms with Gasteiger partial charge in [-0.1, -0.05) is 6.07 Å². The van der Waals surface area contributed by atoms with E-state index in [4.69, 9.17) is 15.2 Å². The lowest BCUT2D eigenvalue weighted by Crippen LogP contribution is -2.36. The summed E-state index contributed by atoms with van der Waals surface area (Å²) in [6.07, 6.45) is -0.642. The van der Waals surface area contributed by atoms with Crippen LogP contribution in [0.2, 0.25) is 0 Å². The molecule has 0 aliphatic heterocycles. The molecule has 100 valence electrons. The third-order valence-electron chi connectivity index (χ3n) is 2.86. The normalized spacial score (nSPS) is 12.1. The summed E-state index contributed by atoms with van der Waals surface area (Å²) in [5.74, 6) is 0.517. The van der Waals surface area contributed by atoms with Crippen molar-refractivity contribution >= 4 is 11.6 Å². The van der Waals surface area contributed by atoms with Crippen molar-refractivity contribution in [2.24, 2.45) is 5.73 Å². The fourth-order valence-electron chi connectivity index (χ4n) is 1.80. The highest BCUT2D eigenvalue weighted by Crippen LogP contribution is 2.29. The maximum atomic E-state index is 11.9. The number of carbonyl (C=O) groups is 1. The van der Waals surface area contributed by atoms with E-state index in [1.165, 1.54) is 7.11 Å². The van der Waals surface area contributed by atoms with E-state index in [9.17, 15) is 4.79 Å². The van der Waals surface area contributed by atoms with Gasteiger partial charge in [0.25, 0.3) is 5.91 Å². The molecule has 0 saturated heterocycles. The molecule has 1 aromatic rings. The van der Waals surface area contributed by atoms with Gasteiger partial charge in [-0.05, 0) is 25.5 Å². The molecule has 5 heteroatoms. The fraction of sp³-hybridized carbons (Fsp3) is 0.462. The molecule has 1 atom stereocenters. The minimum Gasteiger partial charge on any atom is -0.496 e. The molecule has 0 fully saturated rings. The topological polar surface area (TPSA) is 73.6 Å². The van der Waals surface area contributed by atoms with Crippen molar-refractivity contribution in [1.29, 1.82) is 0 Å². The third-order valence-corrected chi connectivity index (χ3v) is 2.86. The quantitative estimate of drug-likeness (QED) is 0.826. The highest BCUT2D eigenvalue weighted by atomic mass is 16.5. The fourth-order valence-corrected chi connectivity index (χ4v) is 1.80. The van der Waals surface area contributed by atoms with Crippen LogP contribution in [-0.4, -0.2) is 32.8 Å². The van der Waals surface area contributed by atoms with E-state index >= 15 is 0 Å². The zero-order chi connectivity index (χ0) is 13.7. The lowest BCUT2D eigenvalue weighted by molar-refractivity contribution is -0.125. The van der Waals surface area contributed by atoms with E-state index in [-0.39, 0.29) is 12.5 Å². The molecule has 0 bridgehead atoms. The van der Waals surface area contributed by atoms with Crippen LogP contribution >= 0.6 is 0 Å². The molecule has 0 radical (unpaired) electrons. The molecule has 0 aliphatic rings. The van der Waals surface area contributed by atoms with Gasteiger partial charge in [0.15, 0.2) is 0 Å². The first kappa shape index (κ1) is 14.5. The van der Waals surface area contributed by atoms with Crippen LogP contribution in [0.5, 0.6) is 5.75 Å². The second-order valence-electron chi connectivity index (χ2n) is 4.04. The van der Waals surface area contributed by atoms with Gasteiger partial charge in [0.05, 0.1) is 7.11 Å². The molecule has 0 spiro atoms. The van der Waals surface area contributed by atoms with Crippen LogP contribution in [0.4, 0.5) is 5.69 Å². The third kappa shape index (κ3) is 3.00. The number of rotatable bonds is 5. The van der Waals surface area contributed by atoms with Crippen LogP contribution in [-0.2, 0) is 9.53 Å². The van der Waals surface area contributed by atoms with E-state index in [2.05, 4.69) is 5.32 Å². The van der Waals surface area contributed by atoms with Crippen LogP contribution < -0.4 is 15.8 Å². The number of methoxy groups -OCH3 is 2. The van der Waals surface area contributed by atoms with E-state index in [0.29, 0.717) is 5.69 Å². The monoisotopic (exact) mass is 252 g/mol. The number of hydrogen-bond acceptors (Lipinski definition) is 4. The summed E-state index contributed by atoms with van der Waals surface area (Å²) in [6.45, 7) is 3.99. The predicted octanol–water partition coefficient (Wildman–Crippen LogP) is 1.22. The number of nitrogens with two attached hydrogens (primary N) is 1. The molecule has 18 heavy (non-hydrogen) atoms. The Bertz CT molecular complexity index is 428. The lowest BCUT2D eigenvalue weighted by Gasteiger charge is -2.17. The van der Waals surface area contributed by atoms with Crippen molar-refractivity contribution in [2.75, 3.05) is 26.1 Å². The van der Waals surface area contributed by atoms with Gasteiger partial charge in [-0.2, -0.15) is 0 Å². The maximum absolute atomic E-state index is 11.9. The number of carbonyl (C=O) groups excluding carboxylic acids is 1. The summed E-state index contributed by atoms with van der Waals surface area (Å²) in [4.78, 5) is 11.9. The minimum atomic E-state index is -0.642. The largest absolute Gasteiger partial charge is 0.496 e.